The Labute approximate surface area is 135 Å². The first-order valence-corrected chi connectivity index (χ1v) is 7.70. The zero-order valence-corrected chi connectivity index (χ0v) is 13.2. The van der Waals surface area contributed by atoms with Crippen molar-refractivity contribution in [2.75, 3.05) is 6.61 Å². The van der Waals surface area contributed by atoms with Gasteiger partial charge in [0, 0.05) is 5.92 Å². The van der Waals surface area contributed by atoms with E-state index in [1.807, 2.05) is 24.3 Å². The summed E-state index contributed by atoms with van der Waals surface area (Å²) in [5, 5.41) is 2.54. The summed E-state index contributed by atoms with van der Waals surface area (Å²) in [4.78, 5) is 23.0. The second-order valence-corrected chi connectivity index (χ2v) is 5.80. The van der Waals surface area contributed by atoms with Crippen LogP contribution in [0, 0.1) is 0 Å². The Balaban J connectivity index is 1.76. The highest BCUT2D eigenvalue weighted by atomic mass is 16.5. The van der Waals surface area contributed by atoms with Crippen molar-refractivity contribution in [2.24, 2.45) is 0 Å². The average Bonchev–Trinajstić information content (AvgIpc) is 2.87. The van der Waals surface area contributed by atoms with Gasteiger partial charge < -0.3 is 10.1 Å². The Bertz CT molecular complexity index is 708. The molecule has 1 aliphatic rings. The number of benzene rings is 2. The quantitative estimate of drug-likeness (QED) is 0.940. The zero-order chi connectivity index (χ0) is 16.4. The monoisotopic (exact) mass is 309 g/mol. The molecule has 0 saturated carbocycles. The van der Waals surface area contributed by atoms with Crippen molar-refractivity contribution in [2.45, 2.75) is 25.8 Å². The van der Waals surface area contributed by atoms with Gasteiger partial charge in [-0.3, -0.25) is 4.79 Å². The zero-order valence-electron chi connectivity index (χ0n) is 13.2. The van der Waals surface area contributed by atoms with Crippen molar-refractivity contribution in [3.63, 3.8) is 0 Å². The molecule has 0 heterocycles. The van der Waals surface area contributed by atoms with Crippen LogP contribution in [0.4, 0.5) is 4.79 Å². The Morgan fingerprint density at radius 3 is 2.09 bits per heavy atom. The number of carbonyl (C=O) groups is 2. The number of carbonyl (C=O) groups excluding carboxylic acids is 2. The van der Waals surface area contributed by atoms with Gasteiger partial charge in [0.25, 0.3) is 0 Å². The summed E-state index contributed by atoms with van der Waals surface area (Å²) in [7, 11) is 0. The molecule has 0 aromatic heterocycles. The van der Waals surface area contributed by atoms with E-state index in [2.05, 4.69) is 29.6 Å². The molecule has 0 unspecified atom stereocenters. The Kier molecular flexibility index (Phi) is 4.15. The van der Waals surface area contributed by atoms with Gasteiger partial charge in [-0.2, -0.15) is 0 Å². The van der Waals surface area contributed by atoms with Crippen molar-refractivity contribution in [1.82, 2.24) is 5.32 Å². The number of Topliss-reactive ketones (excluding diaryl/α,β-unsaturated/α-hetero) is 1. The third-order valence-electron chi connectivity index (χ3n) is 4.29. The van der Waals surface area contributed by atoms with E-state index in [4.69, 9.17) is 4.74 Å². The van der Waals surface area contributed by atoms with Gasteiger partial charge in [-0.1, -0.05) is 48.5 Å². The standard InChI is InChI=1S/C19H19NO3/c1-12(13(2)21)20-19(22)23-11-18-16-9-5-3-7-14(16)15-8-4-6-10-17(15)18/h3-10,12,18H,11H2,1-2H3,(H,20,22)/t12-/m0/s1. The van der Waals surface area contributed by atoms with E-state index in [-0.39, 0.29) is 18.3 Å². The lowest BCUT2D eigenvalue weighted by molar-refractivity contribution is -0.118. The molecule has 3 rings (SSSR count). The van der Waals surface area contributed by atoms with E-state index < -0.39 is 12.1 Å². The first-order chi connectivity index (χ1) is 11.1. The van der Waals surface area contributed by atoms with Crippen LogP contribution in [0.3, 0.4) is 0 Å². The van der Waals surface area contributed by atoms with Crippen LogP contribution in [-0.2, 0) is 9.53 Å². The maximum atomic E-state index is 11.9. The lowest BCUT2D eigenvalue weighted by Gasteiger charge is -2.16. The van der Waals surface area contributed by atoms with E-state index in [1.165, 1.54) is 29.2 Å². The normalized spacial score (nSPS) is 13.8. The van der Waals surface area contributed by atoms with Crippen molar-refractivity contribution < 1.29 is 14.3 Å². The second-order valence-electron chi connectivity index (χ2n) is 5.80. The lowest BCUT2D eigenvalue weighted by atomic mass is 9.98. The van der Waals surface area contributed by atoms with Crippen LogP contribution >= 0.6 is 0 Å². The van der Waals surface area contributed by atoms with Crippen molar-refractivity contribution in [3.05, 3.63) is 59.7 Å². The third kappa shape index (κ3) is 2.97. The molecule has 0 fully saturated rings. The molecule has 2 aromatic carbocycles. The van der Waals surface area contributed by atoms with E-state index in [0.29, 0.717) is 0 Å². The number of ether oxygens (including phenoxy) is 1. The molecule has 2 aromatic rings. The summed E-state index contributed by atoms with van der Waals surface area (Å²) < 4.78 is 5.36. The first-order valence-electron chi connectivity index (χ1n) is 7.70. The van der Waals surface area contributed by atoms with Gasteiger partial charge in [0.15, 0.2) is 5.78 Å². The van der Waals surface area contributed by atoms with Crippen LogP contribution in [0.15, 0.2) is 48.5 Å². The summed E-state index contributed by atoms with van der Waals surface area (Å²) in [6.45, 7) is 3.34. The number of rotatable bonds is 4. The number of nitrogens with one attached hydrogen (secondary N) is 1. The van der Waals surface area contributed by atoms with Crippen molar-refractivity contribution in [3.8, 4) is 11.1 Å². The molecule has 0 radical (unpaired) electrons. The van der Waals surface area contributed by atoms with Crippen LogP contribution in [0.5, 0.6) is 0 Å². The van der Waals surface area contributed by atoms with Gasteiger partial charge in [-0.15, -0.1) is 0 Å². The molecule has 1 N–H and O–H groups in total. The summed E-state index contributed by atoms with van der Waals surface area (Å²) in [6, 6.07) is 15.8. The van der Waals surface area contributed by atoms with Crippen LogP contribution in [-0.4, -0.2) is 24.5 Å². The molecule has 1 amide bonds. The van der Waals surface area contributed by atoms with Gasteiger partial charge in [-0.25, -0.2) is 4.79 Å². The third-order valence-corrected chi connectivity index (χ3v) is 4.29. The fourth-order valence-electron chi connectivity index (χ4n) is 2.92. The number of amides is 1. The lowest BCUT2D eigenvalue weighted by Crippen LogP contribution is -2.38. The molecule has 0 bridgehead atoms. The minimum Gasteiger partial charge on any atom is -0.449 e. The Morgan fingerprint density at radius 2 is 1.57 bits per heavy atom. The van der Waals surface area contributed by atoms with Gasteiger partial charge in [0.2, 0.25) is 0 Å². The fourth-order valence-corrected chi connectivity index (χ4v) is 2.92. The van der Waals surface area contributed by atoms with Crippen molar-refractivity contribution >= 4 is 11.9 Å². The largest absolute Gasteiger partial charge is 0.449 e. The van der Waals surface area contributed by atoms with Gasteiger partial charge in [0.05, 0.1) is 6.04 Å². The fraction of sp³-hybridized carbons (Fsp3) is 0.263. The molecule has 1 aliphatic carbocycles. The SMILES string of the molecule is CC(=O)[C@H](C)NC(=O)OCC1c2ccccc2-c2ccccc21. The highest BCUT2D eigenvalue weighted by Gasteiger charge is 2.29. The summed E-state index contributed by atoms with van der Waals surface area (Å²) >= 11 is 0. The van der Waals surface area contributed by atoms with E-state index in [9.17, 15) is 9.59 Å². The smallest absolute Gasteiger partial charge is 0.407 e. The minimum absolute atomic E-state index is 0.0285. The Hall–Kier alpha value is -2.62. The predicted molar refractivity (Wildman–Crippen MR) is 88.3 cm³/mol. The molecule has 4 nitrogen and oxygen atoms in total. The van der Waals surface area contributed by atoms with Gasteiger partial charge >= 0.3 is 6.09 Å². The molecule has 23 heavy (non-hydrogen) atoms. The van der Waals surface area contributed by atoms with E-state index >= 15 is 0 Å². The van der Waals surface area contributed by atoms with Crippen LogP contribution in [0.2, 0.25) is 0 Å². The topological polar surface area (TPSA) is 55.4 Å². The first kappa shape index (κ1) is 15.3. The maximum absolute atomic E-state index is 11.9. The number of fused-ring (bicyclic) bond motifs is 3. The van der Waals surface area contributed by atoms with Crippen LogP contribution in [0.1, 0.15) is 30.9 Å². The second kappa shape index (κ2) is 6.24. The van der Waals surface area contributed by atoms with E-state index in [0.717, 1.165) is 0 Å². The molecule has 0 saturated heterocycles. The summed E-state index contributed by atoms with van der Waals surface area (Å²) in [6.07, 6.45) is -0.561. The van der Waals surface area contributed by atoms with Gasteiger partial charge in [0.1, 0.15) is 6.61 Å². The number of ketones is 1. The number of hydrogen-bond donors (Lipinski definition) is 1. The molecule has 0 spiro atoms. The molecular weight excluding hydrogens is 290 g/mol. The molecule has 1 atom stereocenters. The minimum atomic E-state index is -0.561. The molecule has 0 aliphatic heterocycles. The highest BCUT2D eigenvalue weighted by molar-refractivity contribution is 5.85. The average molecular weight is 309 g/mol. The number of hydrogen-bond acceptors (Lipinski definition) is 3. The Morgan fingerprint density at radius 1 is 1.04 bits per heavy atom. The van der Waals surface area contributed by atoms with Crippen LogP contribution < -0.4 is 5.32 Å². The molecule has 118 valence electrons. The molecule has 4 heteroatoms. The highest BCUT2D eigenvalue weighted by Crippen LogP contribution is 2.44. The van der Waals surface area contributed by atoms with Gasteiger partial charge in [-0.05, 0) is 36.1 Å². The maximum Gasteiger partial charge on any atom is 0.407 e. The number of alkyl carbamates (subject to hydrolysis) is 1. The molecular formula is C19H19NO3. The summed E-state index contributed by atoms with van der Waals surface area (Å²) in [5.74, 6) is -0.0701. The summed E-state index contributed by atoms with van der Waals surface area (Å²) in [5.41, 5.74) is 4.71. The van der Waals surface area contributed by atoms with E-state index in [1.54, 1.807) is 6.92 Å². The van der Waals surface area contributed by atoms with Crippen LogP contribution in [0.25, 0.3) is 11.1 Å². The van der Waals surface area contributed by atoms with Crippen molar-refractivity contribution in [1.29, 1.82) is 0 Å². The predicted octanol–water partition coefficient (Wildman–Crippen LogP) is 3.50.